The van der Waals surface area contributed by atoms with E-state index >= 15 is 0 Å². The van der Waals surface area contributed by atoms with E-state index in [4.69, 9.17) is 0 Å². The summed E-state index contributed by atoms with van der Waals surface area (Å²) in [5, 5.41) is 7.38. The van der Waals surface area contributed by atoms with E-state index in [1.165, 1.54) is 5.56 Å². The Bertz CT molecular complexity index is 886. The number of aromatic nitrogens is 4. The molecule has 28 heavy (non-hydrogen) atoms. The van der Waals surface area contributed by atoms with Crippen molar-refractivity contribution >= 4 is 5.91 Å². The maximum absolute atomic E-state index is 12.5. The van der Waals surface area contributed by atoms with Crippen LogP contribution in [0.2, 0.25) is 0 Å². The number of nitrogens with zero attached hydrogens (tertiary/aromatic N) is 4. The molecule has 1 N–H and O–H groups in total. The number of hydrogen-bond acceptors (Lipinski definition) is 4. The zero-order valence-corrected chi connectivity index (χ0v) is 15.9. The molecular formula is C22H25N5O. The fourth-order valence-electron chi connectivity index (χ4n) is 3.73. The molecule has 0 spiro atoms. The van der Waals surface area contributed by atoms with Gasteiger partial charge in [-0.05, 0) is 42.9 Å². The fourth-order valence-corrected chi connectivity index (χ4v) is 3.73. The van der Waals surface area contributed by atoms with Crippen LogP contribution in [0.5, 0.6) is 0 Å². The number of aromatic amines is 1. The smallest absolute Gasteiger partial charge is 0.222 e. The molecule has 3 aromatic rings. The van der Waals surface area contributed by atoms with E-state index in [2.05, 4.69) is 32.3 Å². The van der Waals surface area contributed by atoms with Gasteiger partial charge in [0.05, 0.1) is 0 Å². The van der Waals surface area contributed by atoms with Crippen LogP contribution in [0, 0.1) is 5.92 Å². The third-order valence-electron chi connectivity index (χ3n) is 5.39. The first-order valence-corrected chi connectivity index (χ1v) is 9.91. The predicted octanol–water partition coefficient (Wildman–Crippen LogP) is 3.28. The maximum Gasteiger partial charge on any atom is 0.222 e. The quantitative estimate of drug-likeness (QED) is 0.717. The van der Waals surface area contributed by atoms with Gasteiger partial charge in [-0.2, -0.15) is 5.10 Å². The second-order valence-corrected chi connectivity index (χ2v) is 7.36. The number of benzene rings is 1. The molecule has 4 rings (SSSR count). The van der Waals surface area contributed by atoms with E-state index in [0.29, 0.717) is 18.2 Å². The number of aryl methyl sites for hydroxylation is 1. The molecular weight excluding hydrogens is 350 g/mol. The first-order valence-electron chi connectivity index (χ1n) is 9.91. The van der Waals surface area contributed by atoms with E-state index < -0.39 is 0 Å². The number of H-pyrrole nitrogens is 1. The van der Waals surface area contributed by atoms with Gasteiger partial charge in [-0.3, -0.25) is 14.9 Å². The Balaban J connectivity index is 1.24. The van der Waals surface area contributed by atoms with Crippen LogP contribution in [-0.4, -0.2) is 44.1 Å². The predicted molar refractivity (Wildman–Crippen MR) is 107 cm³/mol. The third-order valence-corrected chi connectivity index (χ3v) is 5.39. The molecule has 3 heterocycles. The number of rotatable bonds is 6. The molecule has 6 heteroatoms. The van der Waals surface area contributed by atoms with E-state index in [-0.39, 0.29) is 5.91 Å². The number of carbonyl (C=O) groups excluding carboxylic acids is 1. The van der Waals surface area contributed by atoms with E-state index in [1.807, 2.05) is 35.2 Å². The lowest BCUT2D eigenvalue weighted by molar-refractivity contribution is -0.132. The minimum absolute atomic E-state index is 0.266. The Labute approximate surface area is 165 Å². The van der Waals surface area contributed by atoms with Crippen molar-refractivity contribution in [2.45, 2.75) is 32.1 Å². The average molecular weight is 375 g/mol. The van der Waals surface area contributed by atoms with Crippen molar-refractivity contribution in [3.8, 4) is 11.4 Å². The molecule has 1 aliphatic heterocycles. The Hall–Kier alpha value is -3.02. The van der Waals surface area contributed by atoms with Crippen molar-refractivity contribution in [3.63, 3.8) is 0 Å². The number of hydrogen-bond donors (Lipinski definition) is 1. The van der Waals surface area contributed by atoms with Crippen molar-refractivity contribution in [2.24, 2.45) is 5.92 Å². The number of amides is 1. The molecule has 0 radical (unpaired) electrons. The molecule has 1 amide bonds. The highest BCUT2D eigenvalue weighted by Gasteiger charge is 2.23. The summed E-state index contributed by atoms with van der Waals surface area (Å²) in [6.07, 6.45) is 7.81. The molecule has 1 aromatic carbocycles. The molecule has 1 aliphatic rings. The summed E-state index contributed by atoms with van der Waals surface area (Å²) in [6.45, 7) is 1.67. The summed E-state index contributed by atoms with van der Waals surface area (Å²) in [6, 6.07) is 14.0. The first kappa shape index (κ1) is 18.3. The van der Waals surface area contributed by atoms with Crippen molar-refractivity contribution in [3.05, 3.63) is 66.2 Å². The van der Waals surface area contributed by atoms with Gasteiger partial charge in [0.1, 0.15) is 5.82 Å². The third kappa shape index (κ3) is 4.63. The molecule has 6 nitrogen and oxygen atoms in total. The van der Waals surface area contributed by atoms with E-state index in [0.717, 1.165) is 50.2 Å². The number of carbonyl (C=O) groups is 1. The van der Waals surface area contributed by atoms with Crippen LogP contribution in [0.4, 0.5) is 0 Å². The normalized spacial score (nSPS) is 14.9. The molecule has 144 valence electrons. The summed E-state index contributed by atoms with van der Waals surface area (Å²) < 4.78 is 0. The maximum atomic E-state index is 12.5. The molecule has 0 bridgehead atoms. The lowest BCUT2D eigenvalue weighted by atomic mass is 9.93. The number of likely N-dealkylation sites (tertiary alicyclic amines) is 1. The minimum Gasteiger partial charge on any atom is -0.343 e. The largest absolute Gasteiger partial charge is 0.343 e. The van der Waals surface area contributed by atoms with Crippen molar-refractivity contribution in [1.29, 1.82) is 0 Å². The van der Waals surface area contributed by atoms with Gasteiger partial charge in [0.2, 0.25) is 5.91 Å². The van der Waals surface area contributed by atoms with Crippen LogP contribution < -0.4 is 0 Å². The second kappa shape index (κ2) is 8.78. The van der Waals surface area contributed by atoms with Crippen LogP contribution in [0.25, 0.3) is 11.4 Å². The molecule has 0 saturated carbocycles. The molecule has 0 atom stereocenters. The number of pyridine rings is 1. The number of nitrogens with one attached hydrogen (secondary N) is 1. The standard InChI is InChI=1S/C22H25N5O/c28-21(7-6-17-4-2-1-3-5-17)27-14-10-18(11-15-27)16-20-24-22(26-25-20)19-8-12-23-13-9-19/h1-5,8-9,12-13,18H,6-7,10-11,14-16H2,(H,24,25,26). The zero-order chi connectivity index (χ0) is 19.2. The monoisotopic (exact) mass is 375 g/mol. The first-order chi connectivity index (χ1) is 13.8. The number of piperidine rings is 1. The van der Waals surface area contributed by atoms with Crippen LogP contribution in [0.15, 0.2) is 54.9 Å². The van der Waals surface area contributed by atoms with Crippen LogP contribution in [-0.2, 0) is 17.6 Å². The molecule has 1 fully saturated rings. The van der Waals surface area contributed by atoms with E-state index in [9.17, 15) is 4.79 Å². The van der Waals surface area contributed by atoms with Gasteiger partial charge in [0.15, 0.2) is 5.82 Å². The lowest BCUT2D eigenvalue weighted by Crippen LogP contribution is -2.39. The highest BCUT2D eigenvalue weighted by atomic mass is 16.2. The average Bonchev–Trinajstić information content (AvgIpc) is 3.22. The molecule has 2 aromatic heterocycles. The van der Waals surface area contributed by atoms with Crippen LogP contribution >= 0.6 is 0 Å². The summed E-state index contributed by atoms with van der Waals surface area (Å²) in [4.78, 5) is 23.1. The SMILES string of the molecule is O=C(CCc1ccccc1)N1CCC(Cc2nc(-c3ccncc3)n[nH]2)CC1. The summed E-state index contributed by atoms with van der Waals surface area (Å²) in [7, 11) is 0. The second-order valence-electron chi connectivity index (χ2n) is 7.36. The van der Waals surface area contributed by atoms with Gasteiger partial charge in [-0.1, -0.05) is 30.3 Å². The highest BCUT2D eigenvalue weighted by molar-refractivity contribution is 5.76. The Kier molecular flexibility index (Phi) is 5.75. The van der Waals surface area contributed by atoms with Gasteiger partial charge in [0.25, 0.3) is 0 Å². The van der Waals surface area contributed by atoms with Crippen molar-refractivity contribution < 1.29 is 4.79 Å². The van der Waals surface area contributed by atoms with Gasteiger partial charge in [-0.25, -0.2) is 4.98 Å². The van der Waals surface area contributed by atoms with Crippen LogP contribution in [0.3, 0.4) is 0 Å². The minimum atomic E-state index is 0.266. The Morgan fingerprint density at radius 3 is 2.57 bits per heavy atom. The topological polar surface area (TPSA) is 74.8 Å². The van der Waals surface area contributed by atoms with Gasteiger partial charge >= 0.3 is 0 Å². The highest BCUT2D eigenvalue weighted by Crippen LogP contribution is 2.22. The van der Waals surface area contributed by atoms with Gasteiger partial charge in [-0.15, -0.1) is 0 Å². The van der Waals surface area contributed by atoms with Gasteiger partial charge in [0, 0.05) is 43.9 Å². The Morgan fingerprint density at radius 1 is 1.07 bits per heavy atom. The molecule has 0 aliphatic carbocycles. The lowest BCUT2D eigenvalue weighted by Gasteiger charge is -2.31. The zero-order valence-electron chi connectivity index (χ0n) is 15.9. The summed E-state index contributed by atoms with van der Waals surface area (Å²) in [5.74, 6) is 2.44. The summed E-state index contributed by atoms with van der Waals surface area (Å²) >= 11 is 0. The van der Waals surface area contributed by atoms with Crippen molar-refractivity contribution in [2.75, 3.05) is 13.1 Å². The molecule has 1 saturated heterocycles. The van der Waals surface area contributed by atoms with Crippen molar-refractivity contribution in [1.82, 2.24) is 25.1 Å². The summed E-state index contributed by atoms with van der Waals surface area (Å²) in [5.41, 5.74) is 2.19. The van der Waals surface area contributed by atoms with Crippen LogP contribution in [0.1, 0.15) is 30.7 Å². The fraction of sp³-hybridized carbons (Fsp3) is 0.364. The molecule has 0 unspecified atom stereocenters. The Morgan fingerprint density at radius 2 is 1.82 bits per heavy atom. The van der Waals surface area contributed by atoms with Gasteiger partial charge < -0.3 is 4.90 Å². The van der Waals surface area contributed by atoms with E-state index in [1.54, 1.807) is 12.4 Å².